The molecule has 1 aromatic rings. The van der Waals surface area contributed by atoms with Crippen LogP contribution in [0.5, 0.6) is 5.75 Å². The van der Waals surface area contributed by atoms with Gasteiger partial charge in [-0.25, -0.2) is 4.39 Å². The summed E-state index contributed by atoms with van der Waals surface area (Å²) in [6.07, 6.45) is -0.200. The van der Waals surface area contributed by atoms with Crippen LogP contribution in [0.25, 0.3) is 0 Å². The second kappa shape index (κ2) is 4.75. The monoisotopic (exact) mass is 213 g/mol. The summed E-state index contributed by atoms with van der Waals surface area (Å²) in [4.78, 5) is 10.4. The van der Waals surface area contributed by atoms with Crippen LogP contribution in [-0.2, 0) is 4.79 Å². The number of rotatable bonds is 4. The molecule has 0 spiro atoms. The van der Waals surface area contributed by atoms with Gasteiger partial charge in [-0.2, -0.15) is 0 Å². The van der Waals surface area contributed by atoms with Crippen LogP contribution >= 0.6 is 0 Å². The Bertz CT molecular complexity index is 368. The summed E-state index contributed by atoms with van der Waals surface area (Å²) in [6.45, 7) is 0. The maximum absolute atomic E-state index is 13.0. The molecular formula is C10H12FNO3. The Hall–Kier alpha value is -1.62. The van der Waals surface area contributed by atoms with Gasteiger partial charge in [-0.05, 0) is 17.7 Å². The number of ether oxygens (including phenoxy) is 1. The standard InChI is InChI=1S/C10H12FNO3/c1-15-9-4-6(2-3-7(9)11)8(12)5-10(13)14/h2-4,8H,5,12H2,1H3,(H,13,14). The topological polar surface area (TPSA) is 72.5 Å². The molecule has 1 rings (SSSR count). The summed E-state index contributed by atoms with van der Waals surface area (Å²) < 4.78 is 17.8. The number of halogens is 1. The third kappa shape index (κ3) is 2.92. The van der Waals surface area contributed by atoms with E-state index in [-0.39, 0.29) is 12.2 Å². The van der Waals surface area contributed by atoms with E-state index in [1.165, 1.54) is 25.3 Å². The molecule has 0 aliphatic rings. The van der Waals surface area contributed by atoms with E-state index >= 15 is 0 Å². The molecule has 0 heterocycles. The molecule has 15 heavy (non-hydrogen) atoms. The zero-order valence-electron chi connectivity index (χ0n) is 8.24. The van der Waals surface area contributed by atoms with E-state index in [0.29, 0.717) is 5.56 Å². The lowest BCUT2D eigenvalue weighted by Gasteiger charge is -2.11. The van der Waals surface area contributed by atoms with Crippen LogP contribution in [-0.4, -0.2) is 18.2 Å². The van der Waals surface area contributed by atoms with Crippen LogP contribution in [0.1, 0.15) is 18.0 Å². The SMILES string of the molecule is COc1cc(C(N)CC(=O)O)ccc1F. The third-order valence-electron chi connectivity index (χ3n) is 2.00. The summed E-state index contributed by atoms with van der Waals surface area (Å²) in [6, 6.07) is 3.40. The van der Waals surface area contributed by atoms with E-state index in [9.17, 15) is 9.18 Å². The highest BCUT2D eigenvalue weighted by atomic mass is 19.1. The van der Waals surface area contributed by atoms with Gasteiger partial charge in [-0.1, -0.05) is 6.07 Å². The van der Waals surface area contributed by atoms with Crippen LogP contribution in [0.3, 0.4) is 0 Å². The Balaban J connectivity index is 2.90. The van der Waals surface area contributed by atoms with Crippen molar-refractivity contribution in [1.29, 1.82) is 0 Å². The molecule has 5 heteroatoms. The maximum atomic E-state index is 13.0. The Morgan fingerprint density at radius 2 is 2.33 bits per heavy atom. The Kier molecular flexibility index (Phi) is 3.62. The number of carboxylic acid groups (broad SMARTS) is 1. The van der Waals surface area contributed by atoms with Crippen LogP contribution < -0.4 is 10.5 Å². The molecule has 0 radical (unpaired) electrons. The molecule has 0 saturated carbocycles. The first-order chi connectivity index (χ1) is 7.04. The lowest BCUT2D eigenvalue weighted by Crippen LogP contribution is -2.15. The molecular weight excluding hydrogens is 201 g/mol. The number of hydrogen-bond donors (Lipinski definition) is 2. The molecule has 0 aromatic heterocycles. The number of methoxy groups -OCH3 is 1. The molecule has 3 N–H and O–H groups in total. The van der Waals surface area contributed by atoms with Crippen LogP contribution in [0.15, 0.2) is 18.2 Å². The van der Waals surface area contributed by atoms with Gasteiger partial charge in [-0.3, -0.25) is 4.79 Å². The molecule has 0 bridgehead atoms. The Morgan fingerprint density at radius 3 is 2.87 bits per heavy atom. The summed E-state index contributed by atoms with van der Waals surface area (Å²) >= 11 is 0. The molecule has 1 aromatic carbocycles. The summed E-state index contributed by atoms with van der Waals surface area (Å²) in [5.41, 5.74) is 6.15. The first-order valence-corrected chi connectivity index (χ1v) is 4.35. The van der Waals surface area contributed by atoms with Crippen molar-refractivity contribution in [3.8, 4) is 5.75 Å². The summed E-state index contributed by atoms with van der Waals surface area (Å²) in [7, 11) is 1.34. The molecule has 0 amide bonds. The fraction of sp³-hybridized carbons (Fsp3) is 0.300. The van der Waals surface area contributed by atoms with Crippen molar-refractivity contribution < 1.29 is 19.0 Å². The Morgan fingerprint density at radius 1 is 1.67 bits per heavy atom. The number of nitrogens with two attached hydrogens (primary N) is 1. The van der Waals surface area contributed by atoms with Crippen molar-refractivity contribution in [2.24, 2.45) is 5.73 Å². The summed E-state index contributed by atoms with van der Waals surface area (Å²) in [5.74, 6) is -1.43. The molecule has 0 aliphatic heterocycles. The zero-order chi connectivity index (χ0) is 11.4. The van der Waals surface area contributed by atoms with Gasteiger partial charge < -0.3 is 15.6 Å². The van der Waals surface area contributed by atoms with Crippen molar-refractivity contribution in [2.45, 2.75) is 12.5 Å². The third-order valence-corrected chi connectivity index (χ3v) is 2.00. The highest BCUT2D eigenvalue weighted by Crippen LogP contribution is 2.22. The maximum Gasteiger partial charge on any atom is 0.305 e. The van der Waals surface area contributed by atoms with Crippen LogP contribution in [0, 0.1) is 5.82 Å². The normalized spacial score (nSPS) is 12.2. The van der Waals surface area contributed by atoms with Crippen LogP contribution in [0.2, 0.25) is 0 Å². The number of carbonyl (C=O) groups is 1. The Labute approximate surface area is 86.5 Å². The van der Waals surface area contributed by atoms with Gasteiger partial charge in [0.15, 0.2) is 11.6 Å². The van der Waals surface area contributed by atoms with Gasteiger partial charge in [0, 0.05) is 6.04 Å². The molecule has 82 valence electrons. The average molecular weight is 213 g/mol. The highest BCUT2D eigenvalue weighted by molar-refractivity contribution is 5.67. The van der Waals surface area contributed by atoms with E-state index in [1.54, 1.807) is 0 Å². The minimum Gasteiger partial charge on any atom is -0.494 e. The highest BCUT2D eigenvalue weighted by Gasteiger charge is 2.12. The van der Waals surface area contributed by atoms with Gasteiger partial charge in [-0.15, -0.1) is 0 Å². The smallest absolute Gasteiger partial charge is 0.305 e. The van der Waals surface area contributed by atoms with Gasteiger partial charge in [0.1, 0.15) is 0 Å². The van der Waals surface area contributed by atoms with Gasteiger partial charge in [0.25, 0.3) is 0 Å². The predicted octanol–water partition coefficient (Wildman–Crippen LogP) is 1.31. The van der Waals surface area contributed by atoms with Gasteiger partial charge >= 0.3 is 5.97 Å². The zero-order valence-corrected chi connectivity index (χ0v) is 8.24. The number of carboxylic acids is 1. The molecule has 0 fully saturated rings. The van der Waals surface area contributed by atoms with Crippen molar-refractivity contribution in [3.63, 3.8) is 0 Å². The van der Waals surface area contributed by atoms with Crippen molar-refractivity contribution in [2.75, 3.05) is 7.11 Å². The largest absolute Gasteiger partial charge is 0.494 e. The number of aliphatic carboxylic acids is 1. The number of hydrogen-bond acceptors (Lipinski definition) is 3. The van der Waals surface area contributed by atoms with Crippen molar-refractivity contribution in [3.05, 3.63) is 29.6 Å². The lowest BCUT2D eigenvalue weighted by molar-refractivity contribution is -0.137. The molecule has 1 unspecified atom stereocenters. The van der Waals surface area contributed by atoms with E-state index in [1.807, 2.05) is 0 Å². The summed E-state index contributed by atoms with van der Waals surface area (Å²) in [5, 5.41) is 8.54. The molecule has 1 atom stereocenters. The number of benzene rings is 1. The molecule has 0 aliphatic carbocycles. The molecule has 0 saturated heterocycles. The fourth-order valence-electron chi connectivity index (χ4n) is 1.21. The second-order valence-electron chi connectivity index (χ2n) is 3.10. The lowest BCUT2D eigenvalue weighted by atomic mass is 10.0. The predicted molar refractivity (Wildman–Crippen MR) is 52.1 cm³/mol. The quantitative estimate of drug-likeness (QED) is 0.790. The van der Waals surface area contributed by atoms with Crippen molar-refractivity contribution in [1.82, 2.24) is 0 Å². The van der Waals surface area contributed by atoms with E-state index in [0.717, 1.165) is 0 Å². The van der Waals surface area contributed by atoms with E-state index < -0.39 is 17.8 Å². The first-order valence-electron chi connectivity index (χ1n) is 4.35. The first kappa shape index (κ1) is 11.5. The van der Waals surface area contributed by atoms with E-state index in [4.69, 9.17) is 15.6 Å². The minimum atomic E-state index is -0.995. The van der Waals surface area contributed by atoms with Gasteiger partial charge in [0.05, 0.1) is 13.5 Å². The van der Waals surface area contributed by atoms with E-state index in [2.05, 4.69) is 0 Å². The van der Waals surface area contributed by atoms with Crippen molar-refractivity contribution >= 4 is 5.97 Å². The van der Waals surface area contributed by atoms with Crippen LogP contribution in [0.4, 0.5) is 4.39 Å². The molecule has 4 nitrogen and oxygen atoms in total. The average Bonchev–Trinajstić information content (AvgIpc) is 2.17. The van der Waals surface area contributed by atoms with Gasteiger partial charge in [0.2, 0.25) is 0 Å². The fourth-order valence-corrected chi connectivity index (χ4v) is 1.21. The minimum absolute atomic E-state index is 0.0633. The second-order valence-corrected chi connectivity index (χ2v) is 3.10.